The summed E-state index contributed by atoms with van der Waals surface area (Å²) in [5.74, 6) is 0.0783. The zero-order chi connectivity index (χ0) is 19.1. The molecule has 1 heterocycles. The van der Waals surface area contributed by atoms with Crippen molar-refractivity contribution < 1.29 is 4.79 Å². The summed E-state index contributed by atoms with van der Waals surface area (Å²) in [4.78, 5) is 14.4. The van der Waals surface area contributed by atoms with Gasteiger partial charge in [0, 0.05) is 14.8 Å². The van der Waals surface area contributed by atoms with Crippen molar-refractivity contribution in [2.24, 2.45) is 0 Å². The van der Waals surface area contributed by atoms with E-state index in [1.807, 2.05) is 48.5 Å². The fourth-order valence-corrected chi connectivity index (χ4v) is 3.86. The van der Waals surface area contributed by atoms with Crippen molar-refractivity contribution >= 4 is 46.7 Å². The molecule has 0 radical (unpaired) electrons. The Kier molecular flexibility index (Phi) is 6.92. The van der Waals surface area contributed by atoms with E-state index < -0.39 is 0 Å². The van der Waals surface area contributed by atoms with Crippen LogP contribution in [0.1, 0.15) is 0 Å². The van der Waals surface area contributed by atoms with Crippen molar-refractivity contribution in [1.29, 1.82) is 0 Å². The SMILES string of the molecule is C=CCn1nnnc1SCC(=O)Nc1ccccc1Sc1ccc(Cl)cc1. The van der Waals surface area contributed by atoms with Crippen LogP contribution in [0.3, 0.4) is 0 Å². The number of nitrogens with one attached hydrogen (secondary N) is 1. The topological polar surface area (TPSA) is 72.7 Å². The van der Waals surface area contributed by atoms with Crippen LogP contribution in [0.2, 0.25) is 5.02 Å². The molecule has 0 aliphatic rings. The second kappa shape index (κ2) is 9.59. The Labute approximate surface area is 170 Å². The maximum atomic E-state index is 12.4. The molecule has 0 saturated carbocycles. The molecule has 3 aromatic rings. The third-order valence-electron chi connectivity index (χ3n) is 3.34. The first-order chi connectivity index (χ1) is 13.2. The maximum absolute atomic E-state index is 12.4. The number of nitrogens with zero attached hydrogens (tertiary/aromatic N) is 4. The number of allylic oxidation sites excluding steroid dienone is 1. The predicted octanol–water partition coefficient (Wildman–Crippen LogP) is 4.39. The third kappa shape index (κ3) is 5.59. The number of amides is 1. The first-order valence-corrected chi connectivity index (χ1v) is 10.2. The smallest absolute Gasteiger partial charge is 0.234 e. The maximum Gasteiger partial charge on any atom is 0.234 e. The van der Waals surface area contributed by atoms with E-state index in [1.165, 1.54) is 11.8 Å². The number of rotatable bonds is 8. The van der Waals surface area contributed by atoms with Crippen molar-refractivity contribution in [2.45, 2.75) is 21.5 Å². The van der Waals surface area contributed by atoms with Gasteiger partial charge in [-0.15, -0.1) is 11.7 Å². The van der Waals surface area contributed by atoms with Crippen molar-refractivity contribution in [2.75, 3.05) is 11.1 Å². The molecule has 3 rings (SSSR count). The Balaban J connectivity index is 1.63. The number of carbonyl (C=O) groups excluding carboxylic acids is 1. The van der Waals surface area contributed by atoms with E-state index in [1.54, 1.807) is 22.5 Å². The van der Waals surface area contributed by atoms with Crippen molar-refractivity contribution in [3.63, 3.8) is 0 Å². The second-order valence-corrected chi connectivity index (χ2v) is 7.82. The normalized spacial score (nSPS) is 10.6. The lowest BCUT2D eigenvalue weighted by Gasteiger charge is -2.10. The molecule has 0 saturated heterocycles. The highest BCUT2D eigenvalue weighted by atomic mass is 35.5. The molecule has 138 valence electrons. The molecule has 1 N–H and O–H groups in total. The molecule has 1 amide bonds. The fourth-order valence-electron chi connectivity index (χ4n) is 2.14. The average Bonchev–Trinajstić information content (AvgIpc) is 3.11. The minimum atomic E-state index is -0.127. The van der Waals surface area contributed by atoms with Crippen LogP contribution in [0.25, 0.3) is 0 Å². The molecular formula is C18H16ClN5OS2. The Bertz CT molecular complexity index is 930. The lowest BCUT2D eigenvalue weighted by molar-refractivity contribution is -0.113. The number of carbonyl (C=O) groups is 1. The van der Waals surface area contributed by atoms with Gasteiger partial charge in [-0.1, -0.05) is 53.3 Å². The van der Waals surface area contributed by atoms with Gasteiger partial charge in [0.2, 0.25) is 11.1 Å². The van der Waals surface area contributed by atoms with E-state index in [-0.39, 0.29) is 11.7 Å². The van der Waals surface area contributed by atoms with E-state index >= 15 is 0 Å². The fraction of sp³-hybridized carbons (Fsp3) is 0.111. The van der Waals surface area contributed by atoms with Gasteiger partial charge in [-0.05, 0) is 46.8 Å². The summed E-state index contributed by atoms with van der Waals surface area (Å²) in [6.45, 7) is 4.16. The summed E-state index contributed by atoms with van der Waals surface area (Å²) in [6, 6.07) is 15.2. The molecule has 0 atom stereocenters. The average molecular weight is 418 g/mol. The van der Waals surface area contributed by atoms with Gasteiger partial charge in [-0.3, -0.25) is 4.79 Å². The van der Waals surface area contributed by atoms with E-state index in [0.717, 1.165) is 15.5 Å². The number of hydrogen-bond acceptors (Lipinski definition) is 6. The molecule has 27 heavy (non-hydrogen) atoms. The number of aromatic nitrogens is 4. The van der Waals surface area contributed by atoms with E-state index in [2.05, 4.69) is 27.4 Å². The molecule has 0 bridgehead atoms. The van der Waals surface area contributed by atoms with Crippen LogP contribution in [-0.4, -0.2) is 31.9 Å². The number of halogens is 1. The number of benzene rings is 2. The van der Waals surface area contributed by atoms with Crippen molar-refractivity contribution in [3.05, 3.63) is 66.2 Å². The summed E-state index contributed by atoms with van der Waals surface area (Å²) in [5.41, 5.74) is 0.758. The molecular weight excluding hydrogens is 402 g/mol. The molecule has 0 fully saturated rings. The Morgan fingerprint density at radius 2 is 2.00 bits per heavy atom. The lowest BCUT2D eigenvalue weighted by atomic mass is 10.3. The zero-order valence-corrected chi connectivity index (χ0v) is 16.6. The van der Waals surface area contributed by atoms with Crippen LogP contribution in [0.4, 0.5) is 5.69 Å². The van der Waals surface area contributed by atoms with Gasteiger partial charge in [-0.2, -0.15) is 0 Å². The molecule has 0 unspecified atom stereocenters. The quantitative estimate of drug-likeness (QED) is 0.432. The summed E-state index contributed by atoms with van der Waals surface area (Å²) in [7, 11) is 0. The lowest BCUT2D eigenvalue weighted by Crippen LogP contribution is -2.15. The van der Waals surface area contributed by atoms with E-state index in [0.29, 0.717) is 16.7 Å². The third-order valence-corrected chi connectivity index (χ3v) is 5.63. The number of anilines is 1. The van der Waals surface area contributed by atoms with Gasteiger partial charge in [0.15, 0.2) is 0 Å². The van der Waals surface area contributed by atoms with Crippen LogP contribution in [0.5, 0.6) is 0 Å². The summed E-state index contributed by atoms with van der Waals surface area (Å²) >= 11 is 8.77. The number of tetrazole rings is 1. The van der Waals surface area contributed by atoms with Gasteiger partial charge in [-0.25, -0.2) is 4.68 Å². The standard InChI is InChI=1S/C18H16ClN5OS2/c1-2-11-24-18(21-22-23-24)26-12-17(25)20-15-5-3-4-6-16(15)27-14-9-7-13(19)8-10-14/h2-10H,1,11-12H2,(H,20,25). The minimum absolute atomic E-state index is 0.127. The summed E-state index contributed by atoms with van der Waals surface area (Å²) in [5, 5.41) is 15.6. The van der Waals surface area contributed by atoms with Crippen LogP contribution in [0.15, 0.2) is 76.1 Å². The Hall–Kier alpha value is -2.29. The molecule has 1 aromatic heterocycles. The van der Waals surface area contributed by atoms with Gasteiger partial charge in [0.1, 0.15) is 0 Å². The molecule has 0 spiro atoms. The van der Waals surface area contributed by atoms with Gasteiger partial charge >= 0.3 is 0 Å². The molecule has 9 heteroatoms. The highest BCUT2D eigenvalue weighted by Gasteiger charge is 2.11. The Morgan fingerprint density at radius 3 is 2.78 bits per heavy atom. The van der Waals surface area contributed by atoms with E-state index in [4.69, 9.17) is 11.6 Å². The minimum Gasteiger partial charge on any atom is -0.324 e. The summed E-state index contributed by atoms with van der Waals surface area (Å²) < 4.78 is 1.59. The number of thioether (sulfide) groups is 1. The highest BCUT2D eigenvalue weighted by molar-refractivity contribution is 8.00. The van der Waals surface area contributed by atoms with Gasteiger partial charge in [0.05, 0.1) is 18.0 Å². The Morgan fingerprint density at radius 1 is 1.22 bits per heavy atom. The largest absolute Gasteiger partial charge is 0.324 e. The zero-order valence-electron chi connectivity index (χ0n) is 14.2. The highest BCUT2D eigenvalue weighted by Crippen LogP contribution is 2.34. The molecule has 2 aromatic carbocycles. The molecule has 6 nitrogen and oxygen atoms in total. The van der Waals surface area contributed by atoms with Gasteiger partial charge < -0.3 is 5.32 Å². The van der Waals surface area contributed by atoms with Crippen LogP contribution >= 0.6 is 35.1 Å². The number of para-hydroxylation sites is 1. The molecule has 0 aliphatic heterocycles. The van der Waals surface area contributed by atoms with Crippen LogP contribution in [0, 0.1) is 0 Å². The van der Waals surface area contributed by atoms with E-state index in [9.17, 15) is 4.79 Å². The summed E-state index contributed by atoms with van der Waals surface area (Å²) in [6.07, 6.45) is 1.70. The number of hydrogen-bond donors (Lipinski definition) is 1. The van der Waals surface area contributed by atoms with Crippen molar-refractivity contribution in [3.8, 4) is 0 Å². The first-order valence-electron chi connectivity index (χ1n) is 7.98. The van der Waals surface area contributed by atoms with Crippen LogP contribution in [-0.2, 0) is 11.3 Å². The van der Waals surface area contributed by atoms with Crippen molar-refractivity contribution in [1.82, 2.24) is 20.2 Å². The first kappa shape index (κ1) is 19.5. The second-order valence-electron chi connectivity index (χ2n) is 5.32. The van der Waals surface area contributed by atoms with Gasteiger partial charge in [0.25, 0.3) is 0 Å². The van der Waals surface area contributed by atoms with Crippen LogP contribution < -0.4 is 5.32 Å². The predicted molar refractivity (Wildman–Crippen MR) is 109 cm³/mol. The molecule has 0 aliphatic carbocycles. The monoisotopic (exact) mass is 417 g/mol.